The van der Waals surface area contributed by atoms with Crippen LogP contribution in [-0.2, 0) is 11.8 Å². The second-order valence-corrected chi connectivity index (χ2v) is 5.75. The molecule has 1 unspecified atom stereocenters. The zero-order valence-electron chi connectivity index (χ0n) is 11.5. The summed E-state index contributed by atoms with van der Waals surface area (Å²) >= 11 is 6.17. The molecule has 20 heavy (non-hydrogen) atoms. The number of benzene rings is 1. The van der Waals surface area contributed by atoms with Crippen molar-refractivity contribution in [3.63, 3.8) is 0 Å². The van der Waals surface area contributed by atoms with E-state index in [0.717, 1.165) is 42.4 Å². The Balaban J connectivity index is 1.82. The quantitative estimate of drug-likeness (QED) is 0.941. The van der Waals surface area contributed by atoms with Gasteiger partial charge >= 0.3 is 0 Å². The molecule has 2 heterocycles. The molecule has 1 aliphatic rings. The average molecular weight is 292 g/mol. The maximum atomic E-state index is 6.17. The van der Waals surface area contributed by atoms with Crippen LogP contribution in [0.2, 0.25) is 5.02 Å². The van der Waals surface area contributed by atoms with Crippen molar-refractivity contribution in [2.45, 2.75) is 31.6 Å². The van der Waals surface area contributed by atoms with Crippen molar-refractivity contribution < 1.29 is 4.52 Å². The van der Waals surface area contributed by atoms with Gasteiger partial charge in [0.05, 0.1) is 5.41 Å². The summed E-state index contributed by atoms with van der Waals surface area (Å²) in [6.07, 6.45) is 2.67. The fourth-order valence-electron chi connectivity index (χ4n) is 2.73. The van der Waals surface area contributed by atoms with Crippen LogP contribution in [0, 0.1) is 0 Å². The Morgan fingerprint density at radius 1 is 1.40 bits per heavy atom. The van der Waals surface area contributed by atoms with Gasteiger partial charge < -0.3 is 9.84 Å². The number of rotatable bonds is 4. The van der Waals surface area contributed by atoms with E-state index in [0.29, 0.717) is 12.2 Å². The molecule has 2 aromatic rings. The maximum absolute atomic E-state index is 6.17. The minimum Gasteiger partial charge on any atom is -0.339 e. The summed E-state index contributed by atoms with van der Waals surface area (Å²) in [5, 5.41) is 8.24. The molecule has 0 spiro atoms. The lowest BCUT2D eigenvalue weighted by Gasteiger charge is -2.20. The van der Waals surface area contributed by atoms with E-state index in [4.69, 9.17) is 16.1 Å². The Bertz CT molecular complexity index is 590. The van der Waals surface area contributed by atoms with Gasteiger partial charge in [0, 0.05) is 18.0 Å². The van der Waals surface area contributed by atoms with Gasteiger partial charge in [-0.15, -0.1) is 0 Å². The van der Waals surface area contributed by atoms with Crippen LogP contribution in [0.4, 0.5) is 0 Å². The summed E-state index contributed by atoms with van der Waals surface area (Å²) in [4.78, 5) is 4.60. The first-order valence-corrected chi connectivity index (χ1v) is 7.38. The molecule has 0 aliphatic carbocycles. The van der Waals surface area contributed by atoms with Crippen molar-refractivity contribution >= 4 is 11.6 Å². The van der Waals surface area contributed by atoms with Crippen LogP contribution in [0.5, 0.6) is 0 Å². The molecule has 4 nitrogen and oxygen atoms in total. The highest BCUT2D eigenvalue weighted by Gasteiger charge is 2.39. The summed E-state index contributed by atoms with van der Waals surface area (Å²) in [5.74, 6) is 1.46. The minimum absolute atomic E-state index is 0.00569. The van der Waals surface area contributed by atoms with Crippen molar-refractivity contribution in [3.8, 4) is 0 Å². The van der Waals surface area contributed by atoms with Crippen LogP contribution in [0.15, 0.2) is 28.8 Å². The molecule has 5 heteroatoms. The van der Waals surface area contributed by atoms with Gasteiger partial charge in [0.2, 0.25) is 5.89 Å². The molecule has 1 saturated heterocycles. The highest BCUT2D eigenvalue weighted by Crippen LogP contribution is 2.33. The highest BCUT2D eigenvalue weighted by atomic mass is 35.5. The van der Waals surface area contributed by atoms with Crippen LogP contribution in [0.3, 0.4) is 0 Å². The van der Waals surface area contributed by atoms with Gasteiger partial charge in [0.15, 0.2) is 5.82 Å². The highest BCUT2D eigenvalue weighted by molar-refractivity contribution is 6.31. The first-order chi connectivity index (χ1) is 9.73. The SMILES string of the molecule is CCC1(c2nc(Cc3ccccc3Cl)no2)CCNC1. The molecule has 1 N–H and O–H groups in total. The largest absolute Gasteiger partial charge is 0.339 e. The molecule has 1 atom stereocenters. The first kappa shape index (κ1) is 13.6. The van der Waals surface area contributed by atoms with Crippen LogP contribution in [0.1, 0.15) is 37.0 Å². The van der Waals surface area contributed by atoms with Gasteiger partial charge in [-0.25, -0.2) is 0 Å². The predicted molar refractivity (Wildman–Crippen MR) is 78.0 cm³/mol. The summed E-state index contributed by atoms with van der Waals surface area (Å²) in [6, 6.07) is 7.76. The molecule has 0 amide bonds. The second kappa shape index (κ2) is 5.54. The maximum Gasteiger partial charge on any atom is 0.234 e. The Morgan fingerprint density at radius 2 is 2.25 bits per heavy atom. The van der Waals surface area contributed by atoms with Crippen LogP contribution in [-0.4, -0.2) is 23.2 Å². The van der Waals surface area contributed by atoms with E-state index in [1.807, 2.05) is 24.3 Å². The van der Waals surface area contributed by atoms with E-state index >= 15 is 0 Å². The van der Waals surface area contributed by atoms with Gasteiger partial charge in [0.25, 0.3) is 0 Å². The lowest BCUT2D eigenvalue weighted by molar-refractivity contribution is 0.283. The molecule has 1 fully saturated rings. The third-order valence-electron chi connectivity index (χ3n) is 4.15. The molecule has 0 radical (unpaired) electrons. The molecular weight excluding hydrogens is 274 g/mol. The van der Waals surface area contributed by atoms with E-state index in [2.05, 4.69) is 22.4 Å². The van der Waals surface area contributed by atoms with Crippen LogP contribution in [0.25, 0.3) is 0 Å². The predicted octanol–water partition coefficient (Wildman–Crippen LogP) is 2.95. The summed E-state index contributed by atoms with van der Waals surface area (Å²) < 4.78 is 5.51. The van der Waals surface area contributed by atoms with Gasteiger partial charge in [-0.3, -0.25) is 0 Å². The number of aromatic nitrogens is 2. The molecular formula is C15H18ClN3O. The lowest BCUT2D eigenvalue weighted by atomic mass is 9.84. The van der Waals surface area contributed by atoms with E-state index < -0.39 is 0 Å². The summed E-state index contributed by atoms with van der Waals surface area (Å²) in [5.41, 5.74) is 1.03. The van der Waals surface area contributed by atoms with Gasteiger partial charge in [-0.2, -0.15) is 4.98 Å². The molecule has 1 aromatic heterocycles. The third kappa shape index (κ3) is 2.45. The zero-order valence-corrected chi connectivity index (χ0v) is 12.3. The van der Waals surface area contributed by atoms with Crippen molar-refractivity contribution in [2.75, 3.05) is 13.1 Å². The van der Waals surface area contributed by atoms with Crippen molar-refractivity contribution in [3.05, 3.63) is 46.6 Å². The Labute approximate surface area is 123 Å². The van der Waals surface area contributed by atoms with Gasteiger partial charge in [-0.1, -0.05) is 41.9 Å². The lowest BCUT2D eigenvalue weighted by Crippen LogP contribution is -2.28. The van der Waals surface area contributed by atoms with E-state index in [-0.39, 0.29) is 5.41 Å². The monoisotopic (exact) mass is 291 g/mol. The van der Waals surface area contributed by atoms with Crippen molar-refractivity contribution in [2.24, 2.45) is 0 Å². The zero-order chi connectivity index (χ0) is 14.0. The third-order valence-corrected chi connectivity index (χ3v) is 4.52. The number of nitrogens with one attached hydrogen (secondary N) is 1. The number of nitrogens with zero attached hydrogens (tertiary/aromatic N) is 2. The smallest absolute Gasteiger partial charge is 0.234 e. The molecule has 0 bridgehead atoms. The number of hydrogen-bond acceptors (Lipinski definition) is 4. The van der Waals surface area contributed by atoms with Crippen molar-refractivity contribution in [1.82, 2.24) is 15.5 Å². The van der Waals surface area contributed by atoms with Gasteiger partial charge in [-0.05, 0) is 31.0 Å². The van der Waals surface area contributed by atoms with Crippen molar-refractivity contribution in [1.29, 1.82) is 0 Å². The summed E-state index contributed by atoms with van der Waals surface area (Å²) in [6.45, 7) is 4.10. The Kier molecular flexibility index (Phi) is 3.76. The van der Waals surface area contributed by atoms with E-state index in [9.17, 15) is 0 Å². The van der Waals surface area contributed by atoms with Gasteiger partial charge in [0.1, 0.15) is 0 Å². The standard InChI is InChI=1S/C15H18ClN3O/c1-2-15(7-8-17-10-15)14-18-13(19-20-14)9-11-5-3-4-6-12(11)16/h3-6,17H,2,7-10H2,1H3. The average Bonchev–Trinajstić information content (AvgIpc) is 3.11. The molecule has 1 aromatic carbocycles. The summed E-state index contributed by atoms with van der Waals surface area (Å²) in [7, 11) is 0. The van der Waals surface area contributed by atoms with E-state index in [1.54, 1.807) is 0 Å². The molecule has 0 saturated carbocycles. The Hall–Kier alpha value is -1.39. The fraction of sp³-hybridized carbons (Fsp3) is 0.467. The second-order valence-electron chi connectivity index (χ2n) is 5.34. The van der Waals surface area contributed by atoms with E-state index in [1.165, 1.54) is 0 Å². The number of hydrogen-bond donors (Lipinski definition) is 1. The minimum atomic E-state index is 0.00569. The molecule has 106 valence electrons. The Morgan fingerprint density at radius 3 is 2.95 bits per heavy atom. The first-order valence-electron chi connectivity index (χ1n) is 7.01. The van der Waals surface area contributed by atoms with Crippen LogP contribution >= 0.6 is 11.6 Å². The molecule has 3 rings (SSSR count). The number of halogens is 1. The fourth-order valence-corrected chi connectivity index (χ4v) is 2.94. The normalized spacial score (nSPS) is 22.3. The molecule has 1 aliphatic heterocycles. The van der Waals surface area contributed by atoms with Crippen LogP contribution < -0.4 is 5.32 Å². The topological polar surface area (TPSA) is 51.0 Å².